The second-order valence-corrected chi connectivity index (χ2v) is 7.64. The van der Waals surface area contributed by atoms with Gasteiger partial charge >= 0.3 is 5.97 Å². The summed E-state index contributed by atoms with van der Waals surface area (Å²) in [4.78, 5) is 17.8. The number of hydrogen-bond acceptors (Lipinski definition) is 6. The first-order valence-corrected chi connectivity index (χ1v) is 10.3. The number of nitrogens with zero attached hydrogens (tertiary/aromatic N) is 2. The highest BCUT2D eigenvalue weighted by molar-refractivity contribution is 5.73. The monoisotopic (exact) mass is 422 g/mol. The Bertz CT molecular complexity index is 1000. The average Bonchev–Trinajstić information content (AvgIpc) is 3.20. The highest BCUT2D eigenvalue weighted by atomic mass is 16.5. The maximum absolute atomic E-state index is 11.5. The van der Waals surface area contributed by atoms with Crippen molar-refractivity contribution in [2.24, 2.45) is 0 Å². The van der Waals surface area contributed by atoms with Gasteiger partial charge in [0, 0.05) is 19.5 Å². The summed E-state index contributed by atoms with van der Waals surface area (Å²) in [6.45, 7) is 3.71. The Kier molecular flexibility index (Phi) is 6.64. The summed E-state index contributed by atoms with van der Waals surface area (Å²) in [5.74, 6) is 0.576. The quantitative estimate of drug-likeness (QED) is 0.593. The zero-order valence-electron chi connectivity index (χ0n) is 17.4. The molecule has 1 saturated heterocycles. The first kappa shape index (κ1) is 21.1. The van der Waals surface area contributed by atoms with Crippen molar-refractivity contribution in [1.82, 2.24) is 9.88 Å². The minimum absolute atomic E-state index is 0.204. The number of aromatic nitrogens is 1. The molecule has 2 heterocycles. The Labute approximate surface area is 181 Å². The summed E-state index contributed by atoms with van der Waals surface area (Å²) < 4.78 is 17.1. The normalized spacial score (nSPS) is 17.9. The molecule has 4 rings (SSSR count). The standard InChI is InChI=1S/C24H26N2O5/c1-17-23(25-16-30-17)22(13-18-6-3-2-4-7-18)31-20-9-5-8-19(12-20)14-26-10-11-29-15-21(26)24(27)28/h2-9,12,16,21-22H,10-11,13-15H2,1H3,(H,27,28). The van der Waals surface area contributed by atoms with Crippen molar-refractivity contribution in [2.75, 3.05) is 19.8 Å². The lowest BCUT2D eigenvalue weighted by molar-refractivity contribution is -0.150. The van der Waals surface area contributed by atoms with E-state index in [1.54, 1.807) is 0 Å². The number of benzene rings is 2. The number of hydrogen-bond donors (Lipinski definition) is 1. The van der Waals surface area contributed by atoms with Gasteiger partial charge in [0.1, 0.15) is 29.3 Å². The van der Waals surface area contributed by atoms with Gasteiger partial charge in [-0.1, -0.05) is 42.5 Å². The van der Waals surface area contributed by atoms with Crippen LogP contribution in [-0.4, -0.2) is 46.8 Å². The second-order valence-electron chi connectivity index (χ2n) is 7.64. The van der Waals surface area contributed by atoms with Gasteiger partial charge < -0.3 is 19.0 Å². The van der Waals surface area contributed by atoms with Gasteiger partial charge in [-0.3, -0.25) is 9.69 Å². The molecule has 0 amide bonds. The fourth-order valence-corrected chi connectivity index (χ4v) is 3.82. The molecule has 3 aromatic rings. The van der Waals surface area contributed by atoms with Gasteiger partial charge in [0.05, 0.1) is 13.2 Å². The van der Waals surface area contributed by atoms with Gasteiger partial charge in [0.2, 0.25) is 0 Å². The first-order chi connectivity index (χ1) is 15.1. The van der Waals surface area contributed by atoms with Crippen molar-refractivity contribution in [1.29, 1.82) is 0 Å². The number of aliphatic carboxylic acids is 1. The second kappa shape index (κ2) is 9.76. The lowest BCUT2D eigenvalue weighted by Gasteiger charge is -2.32. The molecule has 0 spiro atoms. The lowest BCUT2D eigenvalue weighted by Crippen LogP contribution is -2.49. The van der Waals surface area contributed by atoms with Gasteiger partial charge in [-0.05, 0) is 30.2 Å². The van der Waals surface area contributed by atoms with Crippen LogP contribution in [0.15, 0.2) is 65.4 Å². The van der Waals surface area contributed by atoms with Crippen molar-refractivity contribution < 1.29 is 23.8 Å². The molecule has 7 nitrogen and oxygen atoms in total. The number of carboxylic acids is 1. The molecule has 2 atom stereocenters. The molecule has 2 unspecified atom stereocenters. The molecule has 2 aromatic carbocycles. The van der Waals surface area contributed by atoms with E-state index in [4.69, 9.17) is 13.9 Å². The third kappa shape index (κ3) is 5.31. The van der Waals surface area contributed by atoms with Crippen LogP contribution in [-0.2, 0) is 22.5 Å². The molecule has 1 aromatic heterocycles. The molecule has 1 aliphatic heterocycles. The molecule has 0 radical (unpaired) electrons. The zero-order chi connectivity index (χ0) is 21.6. The summed E-state index contributed by atoms with van der Waals surface area (Å²) in [6, 6.07) is 17.3. The fourth-order valence-electron chi connectivity index (χ4n) is 3.82. The van der Waals surface area contributed by atoms with E-state index < -0.39 is 12.0 Å². The molecule has 0 aliphatic carbocycles. The summed E-state index contributed by atoms with van der Waals surface area (Å²) in [6.07, 6.45) is 1.79. The Morgan fingerprint density at radius 3 is 2.77 bits per heavy atom. The Balaban J connectivity index is 1.52. The summed E-state index contributed by atoms with van der Waals surface area (Å²) in [7, 11) is 0. The van der Waals surface area contributed by atoms with Crippen molar-refractivity contribution in [3.05, 3.63) is 83.6 Å². The van der Waals surface area contributed by atoms with Crippen LogP contribution in [0.4, 0.5) is 0 Å². The zero-order valence-corrected chi connectivity index (χ0v) is 17.4. The minimum Gasteiger partial charge on any atom is -0.484 e. The van der Waals surface area contributed by atoms with E-state index in [2.05, 4.69) is 17.1 Å². The number of carbonyl (C=O) groups is 1. The van der Waals surface area contributed by atoms with Gasteiger partial charge in [-0.2, -0.15) is 0 Å². The molecule has 0 saturated carbocycles. The van der Waals surface area contributed by atoms with Crippen LogP contribution >= 0.6 is 0 Å². The minimum atomic E-state index is -0.864. The van der Waals surface area contributed by atoms with Gasteiger partial charge in [-0.25, -0.2) is 4.98 Å². The molecule has 1 N–H and O–H groups in total. The predicted octanol–water partition coefficient (Wildman–Crippen LogP) is 3.63. The molecule has 31 heavy (non-hydrogen) atoms. The maximum Gasteiger partial charge on any atom is 0.323 e. The van der Waals surface area contributed by atoms with Crippen LogP contribution < -0.4 is 4.74 Å². The number of morpholine rings is 1. The van der Waals surface area contributed by atoms with Crippen LogP contribution in [0.25, 0.3) is 0 Å². The molecular weight excluding hydrogens is 396 g/mol. The fraction of sp³-hybridized carbons (Fsp3) is 0.333. The number of carboxylic acid groups (broad SMARTS) is 1. The Morgan fingerprint density at radius 1 is 1.23 bits per heavy atom. The third-order valence-corrected chi connectivity index (χ3v) is 5.44. The molecule has 0 bridgehead atoms. The Morgan fingerprint density at radius 2 is 2.03 bits per heavy atom. The van der Waals surface area contributed by atoms with E-state index in [0.717, 1.165) is 22.6 Å². The molecule has 1 aliphatic rings. The van der Waals surface area contributed by atoms with Crippen LogP contribution in [0.3, 0.4) is 0 Å². The number of oxazole rings is 1. The van der Waals surface area contributed by atoms with Crippen molar-refractivity contribution in [2.45, 2.75) is 32.0 Å². The number of ether oxygens (including phenoxy) is 2. The smallest absolute Gasteiger partial charge is 0.323 e. The Hall–Kier alpha value is -3.16. The summed E-state index contributed by atoms with van der Waals surface area (Å²) in [5, 5.41) is 9.47. The van der Waals surface area contributed by atoms with Gasteiger partial charge in [-0.15, -0.1) is 0 Å². The molecule has 162 valence electrons. The number of aryl methyl sites for hydroxylation is 1. The third-order valence-electron chi connectivity index (χ3n) is 5.44. The van der Waals surface area contributed by atoms with Gasteiger partial charge in [0.15, 0.2) is 6.39 Å². The SMILES string of the molecule is Cc1ocnc1C(Cc1ccccc1)Oc1cccc(CN2CCOCC2C(=O)O)c1. The van der Waals surface area contributed by atoms with Crippen LogP contribution in [0, 0.1) is 6.92 Å². The molecule has 1 fully saturated rings. The van der Waals surface area contributed by atoms with E-state index >= 15 is 0 Å². The number of rotatable bonds is 8. The highest BCUT2D eigenvalue weighted by Gasteiger charge is 2.29. The van der Waals surface area contributed by atoms with Crippen molar-refractivity contribution in [3.8, 4) is 5.75 Å². The van der Waals surface area contributed by atoms with E-state index in [1.807, 2.05) is 54.3 Å². The van der Waals surface area contributed by atoms with E-state index in [0.29, 0.717) is 31.9 Å². The lowest BCUT2D eigenvalue weighted by atomic mass is 10.0. The van der Waals surface area contributed by atoms with E-state index in [9.17, 15) is 9.90 Å². The van der Waals surface area contributed by atoms with E-state index in [1.165, 1.54) is 6.39 Å². The summed E-state index contributed by atoms with van der Waals surface area (Å²) >= 11 is 0. The highest BCUT2D eigenvalue weighted by Crippen LogP contribution is 2.28. The summed E-state index contributed by atoms with van der Waals surface area (Å²) in [5.41, 5.74) is 2.90. The predicted molar refractivity (Wildman–Crippen MR) is 114 cm³/mol. The average molecular weight is 422 g/mol. The topological polar surface area (TPSA) is 85.0 Å². The van der Waals surface area contributed by atoms with Crippen molar-refractivity contribution in [3.63, 3.8) is 0 Å². The molecular formula is C24H26N2O5. The van der Waals surface area contributed by atoms with Crippen LogP contribution in [0.1, 0.15) is 28.7 Å². The molecule has 7 heteroatoms. The van der Waals surface area contributed by atoms with Crippen molar-refractivity contribution >= 4 is 5.97 Å². The first-order valence-electron chi connectivity index (χ1n) is 10.3. The largest absolute Gasteiger partial charge is 0.484 e. The van der Waals surface area contributed by atoms with Crippen LogP contribution in [0.5, 0.6) is 5.75 Å². The van der Waals surface area contributed by atoms with E-state index in [-0.39, 0.29) is 12.7 Å². The van der Waals surface area contributed by atoms with Crippen LogP contribution in [0.2, 0.25) is 0 Å². The maximum atomic E-state index is 11.5. The van der Waals surface area contributed by atoms with Gasteiger partial charge in [0.25, 0.3) is 0 Å².